The first-order valence-corrected chi connectivity index (χ1v) is 11.3. The molecule has 1 aliphatic heterocycles. The molecule has 0 saturated carbocycles. The van der Waals surface area contributed by atoms with Crippen LogP contribution in [0.2, 0.25) is 10.0 Å². The molecule has 1 aromatic heterocycles. The summed E-state index contributed by atoms with van der Waals surface area (Å²) in [5, 5.41) is 6.51. The number of fused-ring (bicyclic) bond motifs is 1. The van der Waals surface area contributed by atoms with Crippen LogP contribution in [0.4, 0.5) is 5.69 Å². The minimum absolute atomic E-state index is 0.312. The maximum atomic E-state index is 13.0. The number of hydrogen-bond donors (Lipinski definition) is 2. The Labute approximate surface area is 207 Å². The molecule has 0 aliphatic carbocycles. The summed E-state index contributed by atoms with van der Waals surface area (Å²) in [7, 11) is 1.53. The maximum absolute atomic E-state index is 13.0. The number of halogens is 2. The van der Waals surface area contributed by atoms with E-state index >= 15 is 0 Å². The molecule has 3 aromatic rings. The van der Waals surface area contributed by atoms with Gasteiger partial charge in [-0.15, -0.1) is 0 Å². The Balaban J connectivity index is 1.62. The molecule has 0 bridgehead atoms. The van der Waals surface area contributed by atoms with E-state index in [4.69, 9.17) is 27.9 Å². The molecular formula is C25H22Cl2N4O3. The molecule has 1 unspecified atom stereocenters. The van der Waals surface area contributed by atoms with Gasteiger partial charge in [-0.3, -0.25) is 9.59 Å². The Hall–Kier alpha value is -3.42. The van der Waals surface area contributed by atoms with E-state index < -0.39 is 18.0 Å². The van der Waals surface area contributed by atoms with Crippen molar-refractivity contribution in [3.63, 3.8) is 0 Å². The van der Waals surface area contributed by atoms with E-state index in [1.807, 2.05) is 24.3 Å². The standard InChI is InChI=1S/C25H22Cl2N4O3/c1-14(11-15-7-8-18(26)19(27)12-15)24(32)31-23-25(33)29-20-6-4-3-5-17(20)22(30-23)16-9-10-28-21(13-16)34-2/h3-10,12-14,23H,11H2,1-2H3,(H,29,33)(H,31,32)/t14-,23?/m0/s1. The molecule has 4 rings (SSSR count). The van der Waals surface area contributed by atoms with E-state index in [1.54, 1.807) is 43.5 Å². The monoisotopic (exact) mass is 496 g/mol. The van der Waals surface area contributed by atoms with Crippen LogP contribution in [0.3, 0.4) is 0 Å². The minimum atomic E-state index is -1.12. The Morgan fingerprint density at radius 3 is 2.71 bits per heavy atom. The highest BCUT2D eigenvalue weighted by Crippen LogP contribution is 2.26. The number of aromatic nitrogens is 1. The third kappa shape index (κ3) is 5.21. The van der Waals surface area contributed by atoms with Gasteiger partial charge in [0.2, 0.25) is 18.0 Å². The molecule has 2 N–H and O–H groups in total. The van der Waals surface area contributed by atoms with Gasteiger partial charge in [-0.2, -0.15) is 0 Å². The fourth-order valence-corrected chi connectivity index (χ4v) is 3.96. The molecule has 2 atom stereocenters. The summed E-state index contributed by atoms with van der Waals surface area (Å²) in [6.07, 6.45) is 0.909. The lowest BCUT2D eigenvalue weighted by Crippen LogP contribution is -2.44. The third-order valence-electron chi connectivity index (χ3n) is 5.42. The lowest BCUT2D eigenvalue weighted by molar-refractivity contribution is -0.128. The number of hydrogen-bond acceptors (Lipinski definition) is 5. The molecule has 0 spiro atoms. The quantitative estimate of drug-likeness (QED) is 0.524. The number of carbonyl (C=O) groups is 2. The summed E-state index contributed by atoms with van der Waals surface area (Å²) in [5.74, 6) is -0.765. The van der Waals surface area contributed by atoms with Gasteiger partial charge < -0.3 is 15.4 Å². The fraction of sp³-hybridized carbons (Fsp3) is 0.200. The summed E-state index contributed by atoms with van der Waals surface area (Å²) in [6, 6.07) is 16.1. The maximum Gasteiger partial charge on any atom is 0.269 e. The van der Waals surface area contributed by atoms with Gasteiger partial charge in [-0.25, -0.2) is 9.98 Å². The summed E-state index contributed by atoms with van der Waals surface area (Å²) < 4.78 is 5.25. The number of rotatable bonds is 6. The number of carbonyl (C=O) groups excluding carboxylic acids is 2. The number of pyridine rings is 1. The van der Waals surface area contributed by atoms with Gasteiger partial charge in [0.25, 0.3) is 5.91 Å². The van der Waals surface area contributed by atoms with Crippen LogP contribution in [-0.4, -0.2) is 35.8 Å². The van der Waals surface area contributed by atoms with Crippen molar-refractivity contribution in [2.45, 2.75) is 19.5 Å². The van der Waals surface area contributed by atoms with Crippen molar-refractivity contribution in [2.75, 3.05) is 12.4 Å². The average molecular weight is 497 g/mol. The number of para-hydroxylation sites is 1. The first kappa shape index (κ1) is 23.7. The first-order valence-electron chi connectivity index (χ1n) is 10.6. The number of ether oxygens (including phenoxy) is 1. The van der Waals surface area contributed by atoms with Crippen LogP contribution in [0.15, 0.2) is 65.8 Å². The zero-order valence-electron chi connectivity index (χ0n) is 18.5. The second-order valence-electron chi connectivity index (χ2n) is 7.86. The van der Waals surface area contributed by atoms with E-state index in [0.717, 1.165) is 11.1 Å². The molecule has 0 fully saturated rings. The van der Waals surface area contributed by atoms with Gasteiger partial charge in [0.15, 0.2) is 0 Å². The third-order valence-corrected chi connectivity index (χ3v) is 6.16. The number of methoxy groups -OCH3 is 1. The largest absolute Gasteiger partial charge is 0.481 e. The number of benzene rings is 2. The Morgan fingerprint density at radius 2 is 1.94 bits per heavy atom. The smallest absolute Gasteiger partial charge is 0.269 e. The summed E-state index contributed by atoms with van der Waals surface area (Å²) in [5.41, 5.74) is 3.44. The highest BCUT2D eigenvalue weighted by atomic mass is 35.5. The van der Waals surface area contributed by atoms with Crippen LogP contribution in [0, 0.1) is 5.92 Å². The van der Waals surface area contributed by atoms with Crippen LogP contribution in [0.25, 0.3) is 0 Å². The van der Waals surface area contributed by atoms with Crippen LogP contribution in [0.5, 0.6) is 5.88 Å². The highest BCUT2D eigenvalue weighted by Gasteiger charge is 2.28. The summed E-state index contributed by atoms with van der Waals surface area (Å²) >= 11 is 12.1. The summed E-state index contributed by atoms with van der Waals surface area (Å²) in [6.45, 7) is 1.78. The van der Waals surface area contributed by atoms with Crippen LogP contribution >= 0.6 is 23.2 Å². The van der Waals surface area contributed by atoms with Crippen molar-refractivity contribution in [1.82, 2.24) is 10.3 Å². The topological polar surface area (TPSA) is 92.7 Å². The van der Waals surface area contributed by atoms with Crippen LogP contribution < -0.4 is 15.4 Å². The van der Waals surface area contributed by atoms with E-state index in [9.17, 15) is 9.59 Å². The predicted molar refractivity (Wildman–Crippen MR) is 133 cm³/mol. The van der Waals surface area contributed by atoms with Crippen molar-refractivity contribution in [2.24, 2.45) is 10.9 Å². The average Bonchev–Trinajstić information content (AvgIpc) is 2.97. The van der Waals surface area contributed by atoms with Crippen molar-refractivity contribution < 1.29 is 14.3 Å². The second kappa shape index (κ2) is 10.2. The molecule has 7 nitrogen and oxygen atoms in total. The minimum Gasteiger partial charge on any atom is -0.481 e. The van der Waals surface area contributed by atoms with E-state index in [1.165, 1.54) is 7.11 Å². The van der Waals surface area contributed by atoms with Gasteiger partial charge in [0, 0.05) is 29.3 Å². The van der Waals surface area contributed by atoms with E-state index in [-0.39, 0.29) is 5.91 Å². The number of aliphatic imine (C=N–C) groups is 1. The van der Waals surface area contributed by atoms with Gasteiger partial charge >= 0.3 is 0 Å². The zero-order chi connectivity index (χ0) is 24.2. The Morgan fingerprint density at radius 1 is 1.15 bits per heavy atom. The van der Waals surface area contributed by atoms with Gasteiger partial charge in [-0.1, -0.05) is 54.4 Å². The number of anilines is 1. The SMILES string of the molecule is COc1cc(C2=NC(NC(=O)[C@@H](C)Cc3ccc(Cl)c(Cl)c3)C(=O)Nc3ccccc32)ccn1. The molecule has 0 radical (unpaired) electrons. The highest BCUT2D eigenvalue weighted by molar-refractivity contribution is 6.42. The molecular weight excluding hydrogens is 475 g/mol. The molecule has 34 heavy (non-hydrogen) atoms. The molecule has 174 valence electrons. The summed E-state index contributed by atoms with van der Waals surface area (Å²) in [4.78, 5) is 34.8. The molecule has 9 heteroatoms. The second-order valence-corrected chi connectivity index (χ2v) is 8.68. The van der Waals surface area contributed by atoms with Crippen LogP contribution in [-0.2, 0) is 16.0 Å². The Bertz CT molecular complexity index is 1280. The number of nitrogens with zero attached hydrogens (tertiary/aromatic N) is 2. The zero-order valence-corrected chi connectivity index (χ0v) is 20.0. The van der Waals surface area contributed by atoms with E-state index in [0.29, 0.717) is 39.3 Å². The van der Waals surface area contributed by atoms with E-state index in [2.05, 4.69) is 20.6 Å². The van der Waals surface area contributed by atoms with Crippen molar-refractivity contribution in [3.05, 3.63) is 87.5 Å². The number of nitrogens with one attached hydrogen (secondary N) is 2. The van der Waals surface area contributed by atoms with Gasteiger partial charge in [0.1, 0.15) is 0 Å². The molecule has 1 aliphatic rings. The van der Waals surface area contributed by atoms with Crippen molar-refractivity contribution in [1.29, 1.82) is 0 Å². The Kier molecular flexibility index (Phi) is 7.14. The number of amides is 2. The number of benzodiazepines with no additional fused rings is 1. The van der Waals surface area contributed by atoms with Crippen molar-refractivity contribution >= 4 is 46.4 Å². The lowest BCUT2D eigenvalue weighted by atomic mass is 10.0. The normalized spacial score (nSPS) is 15.9. The molecule has 0 saturated heterocycles. The molecule has 2 heterocycles. The van der Waals surface area contributed by atoms with Crippen molar-refractivity contribution in [3.8, 4) is 5.88 Å². The van der Waals surface area contributed by atoms with Gasteiger partial charge in [-0.05, 0) is 36.2 Å². The molecule has 2 aromatic carbocycles. The van der Waals surface area contributed by atoms with Crippen LogP contribution in [0.1, 0.15) is 23.6 Å². The molecule has 2 amide bonds. The lowest BCUT2D eigenvalue weighted by Gasteiger charge is -2.17. The first-order chi connectivity index (χ1) is 16.4. The predicted octanol–water partition coefficient (Wildman–Crippen LogP) is 4.51. The fourth-order valence-electron chi connectivity index (χ4n) is 3.64. The van der Waals surface area contributed by atoms with Gasteiger partial charge in [0.05, 0.1) is 28.6 Å².